The molecule has 9 nitrogen and oxygen atoms in total. The van der Waals surface area contributed by atoms with E-state index >= 15 is 0 Å². The van der Waals surface area contributed by atoms with Crippen molar-refractivity contribution in [3.8, 4) is 27.6 Å². The summed E-state index contributed by atoms with van der Waals surface area (Å²) in [5.74, 6) is -1.09. The van der Waals surface area contributed by atoms with E-state index in [1.807, 2.05) is 0 Å². The first kappa shape index (κ1) is 18.6. The van der Waals surface area contributed by atoms with E-state index in [-0.39, 0.29) is 23.5 Å². The number of hydrogen-bond donors (Lipinski definition) is 2. The molecule has 4 heterocycles. The van der Waals surface area contributed by atoms with Crippen LogP contribution in [0.25, 0.3) is 27.6 Å². The summed E-state index contributed by atoms with van der Waals surface area (Å²) in [6.45, 7) is 0. The lowest BCUT2D eigenvalue weighted by molar-refractivity contribution is 0.0435. The number of carbonyl (C=O) groups is 1. The number of nitrogens with two attached hydrogens (primary N) is 1. The van der Waals surface area contributed by atoms with Gasteiger partial charge in [0.1, 0.15) is 27.8 Å². The van der Waals surface area contributed by atoms with Gasteiger partial charge in [-0.25, -0.2) is 14.1 Å². The molecule has 4 aromatic rings. The van der Waals surface area contributed by atoms with Crippen LogP contribution in [-0.4, -0.2) is 46.6 Å². The van der Waals surface area contributed by atoms with E-state index in [1.165, 1.54) is 29.7 Å². The topological polar surface area (TPSA) is 125 Å². The largest absolute Gasteiger partial charge is 0.393 e. The lowest BCUT2D eigenvalue weighted by atomic mass is 9.90. The van der Waals surface area contributed by atoms with Gasteiger partial charge in [-0.3, -0.25) is 14.5 Å². The molecule has 0 saturated heterocycles. The molecule has 0 spiro atoms. The Kier molecular flexibility index (Phi) is 4.40. The van der Waals surface area contributed by atoms with Crippen LogP contribution in [0.5, 0.6) is 0 Å². The first-order valence-corrected chi connectivity index (χ1v) is 10.1. The van der Waals surface area contributed by atoms with Gasteiger partial charge in [-0.1, -0.05) is 0 Å². The molecule has 3 N–H and O–H groups in total. The van der Waals surface area contributed by atoms with E-state index in [1.54, 1.807) is 33.3 Å². The van der Waals surface area contributed by atoms with Gasteiger partial charge in [0.05, 0.1) is 24.5 Å². The van der Waals surface area contributed by atoms with Gasteiger partial charge in [0.15, 0.2) is 5.82 Å². The summed E-state index contributed by atoms with van der Waals surface area (Å²) in [4.78, 5) is 19.7. The smallest absolute Gasteiger partial charge is 0.268 e. The van der Waals surface area contributed by atoms with E-state index in [0.717, 1.165) is 0 Å². The van der Waals surface area contributed by atoms with Crippen molar-refractivity contribution in [1.82, 2.24) is 29.5 Å². The zero-order valence-corrected chi connectivity index (χ0v) is 16.3. The number of nitrogens with zero attached hydrogens (tertiary/aromatic N) is 6. The summed E-state index contributed by atoms with van der Waals surface area (Å²) in [7, 11) is 0. The van der Waals surface area contributed by atoms with Gasteiger partial charge in [0, 0.05) is 23.3 Å². The fourth-order valence-corrected chi connectivity index (χ4v) is 4.11. The van der Waals surface area contributed by atoms with Gasteiger partial charge in [-0.05, 0) is 25.0 Å². The van der Waals surface area contributed by atoms with Gasteiger partial charge in [0.25, 0.3) is 5.91 Å². The number of aromatic nitrogens is 6. The Morgan fingerprint density at radius 2 is 2.13 bits per heavy atom. The van der Waals surface area contributed by atoms with Crippen LogP contribution in [0, 0.1) is 5.82 Å². The zero-order chi connectivity index (χ0) is 20.8. The van der Waals surface area contributed by atoms with Crippen molar-refractivity contribution in [3.05, 3.63) is 53.8 Å². The second-order valence-corrected chi connectivity index (χ2v) is 7.89. The molecule has 0 radical (unpaired) electrons. The van der Waals surface area contributed by atoms with E-state index in [2.05, 4.69) is 20.2 Å². The molecule has 0 aliphatic heterocycles. The summed E-state index contributed by atoms with van der Waals surface area (Å²) in [5, 5.41) is 20.7. The predicted molar refractivity (Wildman–Crippen MR) is 106 cm³/mol. The second kappa shape index (κ2) is 7.11. The third kappa shape index (κ3) is 3.17. The van der Waals surface area contributed by atoms with Crippen LogP contribution in [0.2, 0.25) is 0 Å². The molecule has 1 fully saturated rings. The summed E-state index contributed by atoms with van der Waals surface area (Å²) in [5.41, 5.74) is 7.16. The Labute approximate surface area is 173 Å². The average Bonchev–Trinajstić information content (AvgIpc) is 3.43. The van der Waals surface area contributed by atoms with Crippen molar-refractivity contribution in [2.75, 3.05) is 0 Å². The quantitative estimate of drug-likeness (QED) is 0.505. The molecule has 0 unspecified atom stereocenters. The van der Waals surface area contributed by atoms with Gasteiger partial charge >= 0.3 is 0 Å². The van der Waals surface area contributed by atoms with Crippen molar-refractivity contribution in [2.24, 2.45) is 5.73 Å². The number of amides is 1. The highest BCUT2D eigenvalue weighted by Gasteiger charge is 2.31. The van der Waals surface area contributed by atoms with Crippen molar-refractivity contribution in [1.29, 1.82) is 0 Å². The van der Waals surface area contributed by atoms with E-state index in [4.69, 9.17) is 5.73 Å². The molecule has 5 rings (SSSR count). The van der Waals surface area contributed by atoms with Crippen molar-refractivity contribution >= 4 is 17.2 Å². The number of rotatable bonds is 5. The summed E-state index contributed by atoms with van der Waals surface area (Å²) >= 11 is 1.28. The minimum absolute atomic E-state index is 0.0337. The number of thiazole rings is 1. The number of carbonyl (C=O) groups excluding carboxylic acids is 1. The molecule has 0 aromatic carbocycles. The van der Waals surface area contributed by atoms with Crippen LogP contribution in [0.4, 0.5) is 4.39 Å². The van der Waals surface area contributed by atoms with Crippen molar-refractivity contribution < 1.29 is 14.3 Å². The summed E-state index contributed by atoms with van der Waals surface area (Å²) < 4.78 is 17.8. The maximum Gasteiger partial charge on any atom is 0.268 e. The van der Waals surface area contributed by atoms with Gasteiger partial charge < -0.3 is 10.8 Å². The van der Waals surface area contributed by atoms with E-state index in [9.17, 15) is 14.3 Å². The molecule has 30 heavy (non-hydrogen) atoms. The first-order chi connectivity index (χ1) is 14.5. The zero-order valence-electron chi connectivity index (χ0n) is 15.5. The number of halogens is 1. The second-order valence-electron chi connectivity index (χ2n) is 7.03. The fraction of sp³-hybridized carbons (Fsp3) is 0.211. The van der Waals surface area contributed by atoms with Crippen LogP contribution in [0.1, 0.15) is 29.4 Å². The van der Waals surface area contributed by atoms with Crippen molar-refractivity contribution in [2.45, 2.75) is 25.0 Å². The first-order valence-electron chi connectivity index (χ1n) is 9.18. The molecule has 1 saturated carbocycles. The highest BCUT2D eigenvalue weighted by atomic mass is 32.1. The Morgan fingerprint density at radius 3 is 2.83 bits per heavy atom. The SMILES string of the molecule is NC(=O)c1csc(-c2cnn(-c3cn(C4CC(O)C4)nc3-c3ncccc3F)c2)n1. The number of pyridine rings is 1. The summed E-state index contributed by atoms with van der Waals surface area (Å²) in [6, 6.07) is 2.88. The molecule has 0 bridgehead atoms. The molecule has 4 aromatic heterocycles. The number of aliphatic hydroxyl groups excluding tert-OH is 1. The molecule has 0 atom stereocenters. The molecular weight excluding hydrogens is 409 g/mol. The van der Waals surface area contributed by atoms with Crippen LogP contribution in [0.3, 0.4) is 0 Å². The average molecular weight is 425 g/mol. The van der Waals surface area contributed by atoms with Crippen LogP contribution < -0.4 is 5.73 Å². The standard InChI is InChI=1S/C19H16FN7O2S/c20-13-2-1-3-22-16(13)17-15(8-26(25-17)11-4-12(28)5-11)27-7-10(6-23-27)19-24-14(9-30-19)18(21)29/h1-3,6-9,11-12,28H,4-5H2,(H2,21,29). The minimum Gasteiger partial charge on any atom is -0.393 e. The lowest BCUT2D eigenvalue weighted by Gasteiger charge is -2.31. The molecule has 1 amide bonds. The third-order valence-corrected chi connectivity index (χ3v) is 5.88. The molecule has 152 valence electrons. The molecule has 11 heteroatoms. The highest BCUT2D eigenvalue weighted by Crippen LogP contribution is 2.35. The Hall–Kier alpha value is -3.44. The maximum absolute atomic E-state index is 14.5. The maximum atomic E-state index is 14.5. The van der Waals surface area contributed by atoms with E-state index in [0.29, 0.717) is 34.8 Å². The van der Waals surface area contributed by atoms with Crippen LogP contribution in [-0.2, 0) is 0 Å². The number of hydrogen-bond acceptors (Lipinski definition) is 7. The van der Waals surface area contributed by atoms with E-state index < -0.39 is 11.7 Å². The normalized spacial score (nSPS) is 18.3. The molecule has 1 aliphatic rings. The number of aliphatic hydroxyl groups is 1. The van der Waals surface area contributed by atoms with Gasteiger partial charge in [-0.2, -0.15) is 10.2 Å². The highest BCUT2D eigenvalue weighted by molar-refractivity contribution is 7.13. The van der Waals surface area contributed by atoms with Crippen LogP contribution in [0.15, 0.2) is 42.3 Å². The Morgan fingerprint density at radius 1 is 1.30 bits per heavy atom. The summed E-state index contributed by atoms with van der Waals surface area (Å²) in [6.07, 6.45) is 7.43. The molecular formula is C19H16FN7O2S. The van der Waals surface area contributed by atoms with Gasteiger partial charge in [-0.15, -0.1) is 11.3 Å². The van der Waals surface area contributed by atoms with Gasteiger partial charge in [0.2, 0.25) is 0 Å². The lowest BCUT2D eigenvalue weighted by Crippen LogP contribution is -2.31. The fourth-order valence-electron chi connectivity index (χ4n) is 3.32. The molecule has 1 aliphatic carbocycles. The Balaban J connectivity index is 1.57. The number of primary amides is 1. The van der Waals surface area contributed by atoms with Crippen molar-refractivity contribution in [3.63, 3.8) is 0 Å². The minimum atomic E-state index is -0.596. The predicted octanol–water partition coefficient (Wildman–Crippen LogP) is 2.19. The third-order valence-electron chi connectivity index (χ3n) is 4.99. The van der Waals surface area contributed by atoms with Crippen LogP contribution >= 0.6 is 11.3 Å². The monoisotopic (exact) mass is 425 g/mol. The Bertz CT molecular complexity index is 1240.